The monoisotopic (exact) mass is 1490 g/mol. The third-order valence-corrected chi connectivity index (χ3v) is 20.7. The topological polar surface area (TPSA) is 237 Å². The summed E-state index contributed by atoms with van der Waals surface area (Å²) >= 11 is 0. The van der Waals surface area contributed by atoms with E-state index < -0.39 is 97.5 Å². The third-order valence-electron chi connectivity index (χ3n) is 18.8. The van der Waals surface area contributed by atoms with Crippen LogP contribution >= 0.6 is 15.6 Å². The highest BCUT2D eigenvalue weighted by Crippen LogP contribution is 2.45. The minimum Gasteiger partial charge on any atom is -0.462 e. The number of ether oxygens (including phenoxy) is 4. The zero-order valence-electron chi connectivity index (χ0n) is 66.4. The number of aliphatic hydroxyl groups is 1. The van der Waals surface area contributed by atoms with Gasteiger partial charge >= 0.3 is 39.5 Å². The second-order valence-corrected chi connectivity index (χ2v) is 33.0. The van der Waals surface area contributed by atoms with E-state index in [-0.39, 0.29) is 25.7 Å². The second kappa shape index (κ2) is 74.0. The molecule has 2 unspecified atom stereocenters. The summed E-state index contributed by atoms with van der Waals surface area (Å²) in [5.74, 6) is -0.575. The molecule has 0 saturated carbocycles. The lowest BCUT2D eigenvalue weighted by Gasteiger charge is -2.21. The van der Waals surface area contributed by atoms with Crippen molar-refractivity contribution in [2.24, 2.45) is 11.8 Å². The second-order valence-electron chi connectivity index (χ2n) is 30.1. The molecule has 0 fully saturated rings. The third kappa shape index (κ3) is 75.8. The Morgan fingerprint density at radius 3 is 0.804 bits per heavy atom. The van der Waals surface area contributed by atoms with Crippen molar-refractivity contribution in [1.82, 2.24) is 0 Å². The van der Waals surface area contributed by atoms with Crippen LogP contribution in [-0.2, 0) is 65.4 Å². The molecule has 0 aromatic rings. The van der Waals surface area contributed by atoms with Crippen LogP contribution in [0.15, 0.2) is 24.3 Å². The molecular weight excluding hydrogens is 1330 g/mol. The van der Waals surface area contributed by atoms with E-state index in [0.717, 1.165) is 121 Å². The summed E-state index contributed by atoms with van der Waals surface area (Å²) in [4.78, 5) is 73.1. The first-order chi connectivity index (χ1) is 49.4. The Morgan fingerprint density at radius 1 is 0.304 bits per heavy atom. The van der Waals surface area contributed by atoms with Crippen molar-refractivity contribution in [2.45, 2.75) is 432 Å². The normalized spacial score (nSPS) is 14.0. The molecule has 0 radical (unpaired) electrons. The summed E-state index contributed by atoms with van der Waals surface area (Å²) in [7, 11) is -9.93. The van der Waals surface area contributed by atoms with E-state index in [1.54, 1.807) is 0 Å². The number of carbonyl (C=O) groups excluding carboxylic acids is 4. The van der Waals surface area contributed by atoms with Crippen molar-refractivity contribution in [1.29, 1.82) is 0 Å². The summed E-state index contributed by atoms with van der Waals surface area (Å²) in [6.45, 7) is 9.60. The van der Waals surface area contributed by atoms with Crippen molar-refractivity contribution in [2.75, 3.05) is 39.6 Å². The molecule has 102 heavy (non-hydrogen) atoms. The zero-order chi connectivity index (χ0) is 74.9. The van der Waals surface area contributed by atoms with E-state index in [4.69, 9.17) is 37.0 Å². The van der Waals surface area contributed by atoms with Crippen LogP contribution in [0.4, 0.5) is 0 Å². The van der Waals surface area contributed by atoms with Gasteiger partial charge in [-0.3, -0.25) is 37.3 Å². The van der Waals surface area contributed by atoms with E-state index in [0.29, 0.717) is 25.7 Å². The molecule has 19 heteroatoms. The van der Waals surface area contributed by atoms with Gasteiger partial charge in [0.15, 0.2) is 12.2 Å². The van der Waals surface area contributed by atoms with Crippen molar-refractivity contribution in [3.8, 4) is 0 Å². The fraction of sp³-hybridized carbons (Fsp3) is 0.904. The van der Waals surface area contributed by atoms with E-state index in [1.165, 1.54) is 212 Å². The van der Waals surface area contributed by atoms with Crippen molar-refractivity contribution < 1.29 is 80.2 Å². The molecule has 0 amide bonds. The van der Waals surface area contributed by atoms with Crippen LogP contribution in [0.5, 0.6) is 0 Å². The maximum absolute atomic E-state index is 13.1. The van der Waals surface area contributed by atoms with Gasteiger partial charge in [-0.15, -0.1) is 0 Å². The van der Waals surface area contributed by atoms with E-state index in [2.05, 4.69) is 65.8 Å². The van der Waals surface area contributed by atoms with Gasteiger partial charge < -0.3 is 33.8 Å². The fourth-order valence-electron chi connectivity index (χ4n) is 12.3. The Bertz CT molecular complexity index is 2050. The van der Waals surface area contributed by atoms with Crippen molar-refractivity contribution in [3.63, 3.8) is 0 Å². The molecule has 0 saturated heterocycles. The standard InChI is InChI=1S/C83H158O17P2/c1-7-9-11-13-15-17-19-21-27-32-35-41-47-53-59-65-80(85)93-71-78(99-83(88)68-62-56-50-43-37-33-29-26-24-23-25-28-30-34-39-45-51-57-63-75(3)4)73-97-101(89,90)95-69-77(84)70-96-102(91,92)98-74-79(72-94-81(86)66-60-54-48-44-38-40-46-52-58-64-76(5)6)100-82(87)67-61-55-49-42-36-31-22-20-18-16-14-12-10-8-2/h17,19,21,27,75-79,84H,7-16,18,20,22-26,28-74H2,1-6H3,(H,89,90)(H,91,92)/b19-17-,27-21-/t77-,78-,79-/m1/s1. The Labute approximate surface area is 624 Å². The molecule has 17 nitrogen and oxygen atoms in total. The first-order valence-electron chi connectivity index (χ1n) is 42.3. The lowest BCUT2D eigenvalue weighted by Crippen LogP contribution is -2.30. The van der Waals surface area contributed by atoms with Crippen LogP contribution in [0.25, 0.3) is 0 Å². The highest BCUT2D eigenvalue weighted by molar-refractivity contribution is 7.47. The molecule has 0 spiro atoms. The molecule has 0 heterocycles. The highest BCUT2D eigenvalue weighted by atomic mass is 31.2. The first-order valence-corrected chi connectivity index (χ1v) is 45.3. The Hall–Kier alpha value is -2.46. The average Bonchev–Trinajstić information content (AvgIpc) is 0.951. The molecule has 5 atom stereocenters. The summed E-state index contributed by atoms with van der Waals surface area (Å²) in [6.07, 6.45) is 67.4. The molecule has 0 aliphatic heterocycles. The number of aliphatic hydroxyl groups excluding tert-OH is 1. The number of esters is 4. The van der Waals surface area contributed by atoms with Gasteiger partial charge in [0, 0.05) is 25.7 Å². The van der Waals surface area contributed by atoms with Gasteiger partial charge in [-0.1, -0.05) is 361 Å². The molecule has 0 aliphatic rings. The fourth-order valence-corrected chi connectivity index (χ4v) is 13.9. The van der Waals surface area contributed by atoms with Gasteiger partial charge in [-0.05, 0) is 63.2 Å². The maximum atomic E-state index is 13.1. The number of hydrogen-bond donors (Lipinski definition) is 3. The molecule has 0 aromatic heterocycles. The molecular formula is C83H158O17P2. The summed E-state index contributed by atoms with van der Waals surface area (Å²) in [6, 6.07) is 0. The van der Waals surface area contributed by atoms with E-state index in [1.807, 2.05) is 0 Å². The predicted molar refractivity (Wildman–Crippen MR) is 418 cm³/mol. The lowest BCUT2D eigenvalue weighted by molar-refractivity contribution is -0.161. The molecule has 0 bridgehead atoms. The number of allylic oxidation sites excluding steroid dienone is 4. The van der Waals surface area contributed by atoms with Gasteiger partial charge in [0.2, 0.25) is 0 Å². The minimum absolute atomic E-state index is 0.101. The van der Waals surface area contributed by atoms with Crippen LogP contribution in [0.3, 0.4) is 0 Å². The predicted octanol–water partition coefficient (Wildman–Crippen LogP) is 24.6. The number of unbranched alkanes of at least 4 members (excludes halogenated alkanes) is 47. The van der Waals surface area contributed by atoms with Gasteiger partial charge in [-0.25, -0.2) is 9.13 Å². The number of carbonyl (C=O) groups is 4. The van der Waals surface area contributed by atoms with Crippen molar-refractivity contribution >= 4 is 39.5 Å². The van der Waals surface area contributed by atoms with E-state index >= 15 is 0 Å². The molecule has 0 rings (SSSR count). The van der Waals surface area contributed by atoms with Crippen molar-refractivity contribution in [3.05, 3.63) is 24.3 Å². The SMILES string of the molecule is CCCCCC/C=C\C=C/CCCCCCCC(=O)OC[C@H](COP(=O)(O)OC[C@@H](O)COP(=O)(O)OC[C@@H](COC(=O)CCCCCCCCCCCC(C)C)OC(=O)CCCCCCCCCCCCCCCC)OC(=O)CCCCCCCCCCCCCCCCCCCCC(C)C. The summed E-state index contributed by atoms with van der Waals surface area (Å²) in [5, 5.41) is 10.7. The first kappa shape index (κ1) is 99.5. The van der Waals surface area contributed by atoms with Gasteiger partial charge in [0.25, 0.3) is 0 Å². The van der Waals surface area contributed by atoms with Gasteiger partial charge in [0.05, 0.1) is 26.4 Å². The Kier molecular flexibility index (Phi) is 72.2. The molecule has 0 aliphatic carbocycles. The van der Waals surface area contributed by atoms with Crippen LogP contribution in [-0.4, -0.2) is 96.7 Å². The average molecular weight is 1490 g/mol. The Balaban J connectivity index is 5.27. The number of phosphoric acid groups is 2. The zero-order valence-corrected chi connectivity index (χ0v) is 68.2. The number of hydrogen-bond acceptors (Lipinski definition) is 15. The molecule has 602 valence electrons. The smallest absolute Gasteiger partial charge is 0.462 e. The van der Waals surface area contributed by atoms with Gasteiger partial charge in [-0.2, -0.15) is 0 Å². The summed E-state index contributed by atoms with van der Waals surface area (Å²) < 4.78 is 68.7. The van der Waals surface area contributed by atoms with Crippen LogP contribution in [0, 0.1) is 11.8 Å². The number of phosphoric ester groups is 2. The highest BCUT2D eigenvalue weighted by Gasteiger charge is 2.30. The molecule has 3 N–H and O–H groups in total. The quantitative estimate of drug-likeness (QED) is 0.0169. The molecule has 0 aromatic carbocycles. The largest absolute Gasteiger partial charge is 0.472 e. The van der Waals surface area contributed by atoms with Crippen LogP contribution in [0.1, 0.15) is 414 Å². The van der Waals surface area contributed by atoms with E-state index in [9.17, 15) is 43.2 Å². The van der Waals surface area contributed by atoms with Crippen LogP contribution in [0.2, 0.25) is 0 Å². The number of rotatable bonds is 80. The lowest BCUT2D eigenvalue weighted by atomic mass is 10.0. The summed E-state index contributed by atoms with van der Waals surface area (Å²) in [5.41, 5.74) is 0. The minimum atomic E-state index is -4.97. The maximum Gasteiger partial charge on any atom is 0.472 e. The van der Waals surface area contributed by atoms with Gasteiger partial charge in [0.1, 0.15) is 19.3 Å². The van der Waals surface area contributed by atoms with Crippen LogP contribution < -0.4 is 0 Å². The Morgan fingerprint density at radius 2 is 0.529 bits per heavy atom.